The molecule has 1 atom stereocenters. The Labute approximate surface area is 75.1 Å². The molecule has 0 bridgehead atoms. The lowest BCUT2D eigenvalue weighted by Gasteiger charge is -1.97. The maximum absolute atomic E-state index is 9.62. The van der Waals surface area contributed by atoms with Crippen molar-refractivity contribution in [2.75, 3.05) is 0 Å². The molecule has 2 nitrogen and oxygen atoms in total. The summed E-state index contributed by atoms with van der Waals surface area (Å²) in [7, 11) is 0. The summed E-state index contributed by atoms with van der Waals surface area (Å²) in [5.41, 5.74) is 1.74. The molecule has 0 saturated carbocycles. The topological polar surface area (TPSA) is 33.4 Å². The highest BCUT2D eigenvalue weighted by Gasteiger charge is 2.21. The lowest BCUT2D eigenvalue weighted by molar-refractivity contribution is 0.233. The summed E-state index contributed by atoms with van der Waals surface area (Å²) in [6.45, 7) is 0. The average Bonchev–Trinajstić information content (AvgIpc) is 2.66. The van der Waals surface area contributed by atoms with E-state index in [0.717, 1.165) is 22.3 Å². The minimum atomic E-state index is -0.501. The highest BCUT2D eigenvalue weighted by Crippen LogP contribution is 2.36. The van der Waals surface area contributed by atoms with Crippen molar-refractivity contribution >= 4 is 17.0 Å². The smallest absolute Gasteiger partial charge is 0.135 e. The van der Waals surface area contributed by atoms with E-state index in [1.807, 2.05) is 30.3 Å². The summed E-state index contributed by atoms with van der Waals surface area (Å²) in [5, 5.41) is 10.6. The molecule has 1 aromatic carbocycles. The molecule has 1 heterocycles. The first kappa shape index (κ1) is 6.92. The number of rotatable bonds is 0. The van der Waals surface area contributed by atoms with Crippen LogP contribution in [0.4, 0.5) is 0 Å². The predicted molar refractivity (Wildman–Crippen MR) is 50.2 cm³/mol. The average molecular weight is 172 g/mol. The zero-order valence-corrected chi connectivity index (χ0v) is 6.90. The summed E-state index contributed by atoms with van der Waals surface area (Å²) in [4.78, 5) is 0. The molecule has 64 valence electrons. The van der Waals surface area contributed by atoms with Crippen LogP contribution in [0.15, 0.2) is 34.8 Å². The van der Waals surface area contributed by atoms with Gasteiger partial charge in [-0.2, -0.15) is 0 Å². The van der Waals surface area contributed by atoms with Crippen molar-refractivity contribution in [3.05, 3.63) is 41.7 Å². The molecule has 1 aromatic heterocycles. The largest absolute Gasteiger partial charge is 0.456 e. The zero-order valence-electron chi connectivity index (χ0n) is 6.90. The maximum atomic E-state index is 9.62. The molecule has 0 fully saturated rings. The van der Waals surface area contributed by atoms with Crippen LogP contribution in [0.5, 0.6) is 0 Å². The van der Waals surface area contributed by atoms with E-state index in [1.165, 1.54) is 0 Å². The predicted octanol–water partition coefficient (Wildman–Crippen LogP) is 2.49. The number of aliphatic hydroxyl groups excluding tert-OH is 1. The third kappa shape index (κ3) is 0.807. The van der Waals surface area contributed by atoms with Crippen LogP contribution < -0.4 is 0 Å². The Bertz CT molecular complexity index is 494. The third-order valence-electron chi connectivity index (χ3n) is 2.39. The van der Waals surface area contributed by atoms with Gasteiger partial charge in [0.05, 0.1) is 0 Å². The number of hydrogen-bond acceptors (Lipinski definition) is 2. The highest BCUT2D eigenvalue weighted by molar-refractivity contribution is 5.87. The Balaban J connectivity index is 2.45. The van der Waals surface area contributed by atoms with Crippen LogP contribution in [0.2, 0.25) is 0 Å². The standard InChI is InChI=1S/C11H8O2/c12-8-5-6-10-11(8)7-3-1-2-4-9(7)13-10/h1-6,8,12H. The molecule has 1 aliphatic rings. The van der Waals surface area contributed by atoms with Gasteiger partial charge >= 0.3 is 0 Å². The first-order valence-electron chi connectivity index (χ1n) is 4.24. The van der Waals surface area contributed by atoms with Gasteiger partial charge in [0, 0.05) is 10.9 Å². The molecule has 2 heteroatoms. The summed E-state index contributed by atoms with van der Waals surface area (Å²) < 4.78 is 5.53. The van der Waals surface area contributed by atoms with Crippen LogP contribution >= 0.6 is 0 Å². The normalized spacial score (nSPS) is 19.6. The van der Waals surface area contributed by atoms with Gasteiger partial charge in [-0.1, -0.05) is 18.2 Å². The van der Waals surface area contributed by atoms with Crippen LogP contribution in [0.25, 0.3) is 17.0 Å². The minimum Gasteiger partial charge on any atom is -0.456 e. The quantitative estimate of drug-likeness (QED) is 0.662. The van der Waals surface area contributed by atoms with E-state index in [-0.39, 0.29) is 0 Å². The van der Waals surface area contributed by atoms with Crippen LogP contribution in [-0.4, -0.2) is 5.11 Å². The molecule has 0 amide bonds. The van der Waals surface area contributed by atoms with Gasteiger partial charge in [0.1, 0.15) is 17.4 Å². The second-order valence-electron chi connectivity index (χ2n) is 3.18. The Morgan fingerprint density at radius 2 is 2.08 bits per heavy atom. The van der Waals surface area contributed by atoms with Gasteiger partial charge in [0.25, 0.3) is 0 Å². The van der Waals surface area contributed by atoms with E-state index in [9.17, 15) is 5.11 Å². The van der Waals surface area contributed by atoms with Gasteiger partial charge in [0.2, 0.25) is 0 Å². The van der Waals surface area contributed by atoms with Gasteiger partial charge in [-0.15, -0.1) is 0 Å². The lowest BCUT2D eigenvalue weighted by atomic mass is 10.1. The number of para-hydroxylation sites is 1. The number of hydrogen-bond donors (Lipinski definition) is 1. The van der Waals surface area contributed by atoms with Crippen molar-refractivity contribution in [1.29, 1.82) is 0 Å². The van der Waals surface area contributed by atoms with Crippen molar-refractivity contribution < 1.29 is 9.52 Å². The molecule has 0 radical (unpaired) electrons. The van der Waals surface area contributed by atoms with Crippen LogP contribution in [0.1, 0.15) is 17.4 Å². The summed E-state index contributed by atoms with van der Waals surface area (Å²) >= 11 is 0. The van der Waals surface area contributed by atoms with E-state index in [1.54, 1.807) is 6.08 Å². The maximum Gasteiger partial charge on any atom is 0.135 e. The fourth-order valence-corrected chi connectivity index (χ4v) is 1.79. The molecular formula is C11H8O2. The molecule has 2 aromatic rings. The lowest BCUT2D eigenvalue weighted by Crippen LogP contribution is -1.87. The molecule has 3 rings (SSSR count). The first-order chi connectivity index (χ1) is 6.36. The minimum absolute atomic E-state index is 0.501. The van der Waals surface area contributed by atoms with Crippen LogP contribution in [0.3, 0.4) is 0 Å². The fraction of sp³-hybridized carbons (Fsp3) is 0.0909. The first-order valence-corrected chi connectivity index (χ1v) is 4.24. The van der Waals surface area contributed by atoms with E-state index < -0.39 is 6.10 Å². The SMILES string of the molecule is OC1C=Cc2oc3ccccc3c21. The second kappa shape index (κ2) is 2.24. The highest BCUT2D eigenvalue weighted by atomic mass is 16.3. The Morgan fingerprint density at radius 3 is 3.00 bits per heavy atom. The molecule has 1 unspecified atom stereocenters. The van der Waals surface area contributed by atoms with Gasteiger partial charge in [0.15, 0.2) is 0 Å². The Morgan fingerprint density at radius 1 is 1.23 bits per heavy atom. The van der Waals surface area contributed by atoms with E-state index in [2.05, 4.69) is 0 Å². The number of benzene rings is 1. The van der Waals surface area contributed by atoms with Crippen LogP contribution in [-0.2, 0) is 0 Å². The van der Waals surface area contributed by atoms with Crippen molar-refractivity contribution in [2.45, 2.75) is 6.10 Å². The van der Waals surface area contributed by atoms with Gasteiger partial charge < -0.3 is 9.52 Å². The van der Waals surface area contributed by atoms with Crippen molar-refractivity contribution in [3.63, 3.8) is 0 Å². The van der Waals surface area contributed by atoms with Gasteiger partial charge in [-0.3, -0.25) is 0 Å². The Hall–Kier alpha value is -1.54. The Kier molecular flexibility index (Phi) is 1.19. The van der Waals surface area contributed by atoms with E-state index in [0.29, 0.717) is 0 Å². The molecule has 0 spiro atoms. The summed E-state index contributed by atoms with van der Waals surface area (Å²) in [6, 6.07) is 7.75. The van der Waals surface area contributed by atoms with Crippen molar-refractivity contribution in [1.82, 2.24) is 0 Å². The number of furan rings is 1. The second-order valence-corrected chi connectivity index (χ2v) is 3.18. The molecule has 0 saturated heterocycles. The third-order valence-corrected chi connectivity index (χ3v) is 2.39. The molecule has 1 aliphatic carbocycles. The van der Waals surface area contributed by atoms with E-state index >= 15 is 0 Å². The molecule has 13 heavy (non-hydrogen) atoms. The van der Waals surface area contributed by atoms with Gasteiger partial charge in [-0.05, 0) is 18.2 Å². The van der Waals surface area contributed by atoms with E-state index in [4.69, 9.17) is 4.42 Å². The summed E-state index contributed by atoms with van der Waals surface area (Å²) in [6.07, 6.45) is 3.05. The molecular weight excluding hydrogens is 164 g/mol. The molecule has 0 aliphatic heterocycles. The van der Waals surface area contributed by atoms with Crippen LogP contribution in [0, 0.1) is 0 Å². The summed E-state index contributed by atoms with van der Waals surface area (Å²) in [5.74, 6) is 0.786. The number of aliphatic hydroxyl groups is 1. The zero-order chi connectivity index (χ0) is 8.84. The monoisotopic (exact) mass is 172 g/mol. The fourth-order valence-electron chi connectivity index (χ4n) is 1.79. The number of fused-ring (bicyclic) bond motifs is 3. The van der Waals surface area contributed by atoms with Gasteiger partial charge in [-0.25, -0.2) is 0 Å². The van der Waals surface area contributed by atoms with Crippen molar-refractivity contribution in [3.8, 4) is 0 Å². The molecule has 1 N–H and O–H groups in total. The van der Waals surface area contributed by atoms with Crippen molar-refractivity contribution in [2.24, 2.45) is 0 Å².